The van der Waals surface area contributed by atoms with Gasteiger partial charge in [0, 0.05) is 35.9 Å². The van der Waals surface area contributed by atoms with Crippen molar-refractivity contribution in [3.05, 3.63) is 58.5 Å². The largest absolute Gasteiger partial charge is 0.366 e. The lowest BCUT2D eigenvalue weighted by atomic mass is 9.97. The minimum absolute atomic E-state index is 0.0507. The molecule has 1 aliphatic rings. The quantitative estimate of drug-likeness (QED) is 0.611. The summed E-state index contributed by atoms with van der Waals surface area (Å²) in [4.78, 5) is 4.43. The molecule has 0 aliphatic carbocycles. The van der Waals surface area contributed by atoms with Crippen LogP contribution in [0.2, 0.25) is 0 Å². The second-order valence-electron chi connectivity index (χ2n) is 9.64. The number of hydrogen-bond donors (Lipinski definition) is 1. The highest BCUT2D eigenvalue weighted by Crippen LogP contribution is 2.34. The van der Waals surface area contributed by atoms with Gasteiger partial charge >= 0.3 is 0 Å². The van der Waals surface area contributed by atoms with Gasteiger partial charge in [0.25, 0.3) is 0 Å². The van der Waals surface area contributed by atoms with Crippen molar-refractivity contribution in [1.29, 1.82) is 5.26 Å². The van der Waals surface area contributed by atoms with E-state index >= 15 is 4.39 Å². The van der Waals surface area contributed by atoms with Gasteiger partial charge in [-0.2, -0.15) is 10.4 Å². The number of aryl methyl sites for hydroxylation is 1. The monoisotopic (exact) mass is 446 g/mol. The van der Waals surface area contributed by atoms with Gasteiger partial charge in [0.05, 0.1) is 29.1 Å². The van der Waals surface area contributed by atoms with Crippen LogP contribution in [0.15, 0.2) is 30.3 Å². The summed E-state index contributed by atoms with van der Waals surface area (Å²) in [7, 11) is 2.11. The zero-order chi connectivity index (χ0) is 23.9. The number of rotatable bonds is 4. The molecule has 0 unspecified atom stereocenters. The third-order valence-corrected chi connectivity index (χ3v) is 7.00. The van der Waals surface area contributed by atoms with E-state index in [-0.39, 0.29) is 17.4 Å². The molecular weight excluding hydrogens is 415 g/mol. The van der Waals surface area contributed by atoms with E-state index in [1.165, 1.54) is 0 Å². The summed E-state index contributed by atoms with van der Waals surface area (Å²) in [6.45, 7) is 12.6. The van der Waals surface area contributed by atoms with E-state index in [9.17, 15) is 5.26 Å². The number of nitrogens with one attached hydrogen (secondary N) is 1. The molecule has 33 heavy (non-hydrogen) atoms. The Morgan fingerprint density at radius 1 is 1.15 bits per heavy atom. The first-order chi connectivity index (χ1) is 15.6. The third kappa shape index (κ3) is 4.23. The van der Waals surface area contributed by atoms with Crippen molar-refractivity contribution in [3.8, 4) is 6.07 Å². The summed E-state index contributed by atoms with van der Waals surface area (Å²) in [5.74, 6) is 0.370. The van der Waals surface area contributed by atoms with Crippen molar-refractivity contribution in [2.45, 2.75) is 46.2 Å². The van der Waals surface area contributed by atoms with Gasteiger partial charge in [0.1, 0.15) is 5.82 Å². The van der Waals surface area contributed by atoms with E-state index in [1.54, 1.807) is 6.07 Å². The highest BCUT2D eigenvalue weighted by atomic mass is 19.1. The standard InChI is InChI=1S/C26H31FN6/c1-16-19(14-28)8-7-9-20(16)17(2)29-25-22-13-24(23(27)12-21(22)18(3)30-31-25)33-11-10-32(6)26(4,5)15-33/h7-9,12-13,17H,10-11,15H2,1-6H3,(H,29,31)/t17-/m1/s1. The van der Waals surface area contributed by atoms with Crippen LogP contribution in [0.3, 0.4) is 0 Å². The Kier molecular flexibility index (Phi) is 5.98. The van der Waals surface area contributed by atoms with Gasteiger partial charge in [-0.05, 0) is 71.0 Å². The average Bonchev–Trinajstić information content (AvgIpc) is 2.77. The summed E-state index contributed by atoms with van der Waals surface area (Å²) in [5.41, 5.74) is 3.85. The molecule has 1 fully saturated rings. The number of hydrogen-bond acceptors (Lipinski definition) is 6. The lowest BCUT2D eigenvalue weighted by Crippen LogP contribution is -2.57. The number of piperazine rings is 1. The lowest BCUT2D eigenvalue weighted by molar-refractivity contribution is 0.138. The molecule has 4 rings (SSSR count). The number of fused-ring (bicyclic) bond motifs is 1. The highest BCUT2D eigenvalue weighted by Gasteiger charge is 2.32. The predicted molar refractivity (Wildman–Crippen MR) is 131 cm³/mol. The van der Waals surface area contributed by atoms with Crippen LogP contribution in [-0.2, 0) is 0 Å². The second-order valence-corrected chi connectivity index (χ2v) is 9.64. The van der Waals surface area contributed by atoms with Crippen molar-refractivity contribution in [2.24, 2.45) is 0 Å². The molecule has 0 saturated carbocycles. The van der Waals surface area contributed by atoms with Crippen molar-refractivity contribution in [3.63, 3.8) is 0 Å². The Morgan fingerprint density at radius 3 is 2.61 bits per heavy atom. The van der Waals surface area contributed by atoms with Crippen LogP contribution in [0.25, 0.3) is 10.8 Å². The minimum atomic E-state index is -0.240. The van der Waals surface area contributed by atoms with Crippen LogP contribution in [0.1, 0.15) is 49.2 Å². The maximum atomic E-state index is 15.3. The lowest BCUT2D eigenvalue weighted by Gasteiger charge is -2.46. The van der Waals surface area contributed by atoms with Crippen molar-refractivity contribution < 1.29 is 4.39 Å². The number of halogens is 1. The van der Waals surface area contributed by atoms with Gasteiger partial charge in [-0.25, -0.2) is 4.39 Å². The van der Waals surface area contributed by atoms with E-state index < -0.39 is 0 Å². The maximum Gasteiger partial charge on any atom is 0.157 e. The number of anilines is 2. The zero-order valence-corrected chi connectivity index (χ0v) is 20.2. The fraction of sp³-hybridized carbons (Fsp3) is 0.423. The van der Waals surface area contributed by atoms with Gasteiger partial charge < -0.3 is 10.2 Å². The normalized spacial score (nSPS) is 17.1. The molecule has 1 saturated heterocycles. The molecule has 6 nitrogen and oxygen atoms in total. The van der Waals surface area contributed by atoms with E-state index in [1.807, 2.05) is 45.0 Å². The van der Waals surface area contributed by atoms with Crippen LogP contribution in [-0.4, -0.2) is 47.3 Å². The molecule has 2 heterocycles. The zero-order valence-electron chi connectivity index (χ0n) is 20.2. The van der Waals surface area contributed by atoms with Crippen LogP contribution in [0.5, 0.6) is 0 Å². The van der Waals surface area contributed by atoms with Gasteiger partial charge in [-0.3, -0.25) is 4.90 Å². The van der Waals surface area contributed by atoms with E-state index in [0.29, 0.717) is 22.8 Å². The Morgan fingerprint density at radius 2 is 1.91 bits per heavy atom. The van der Waals surface area contributed by atoms with Crippen LogP contribution in [0, 0.1) is 31.0 Å². The van der Waals surface area contributed by atoms with Crippen molar-refractivity contribution in [1.82, 2.24) is 15.1 Å². The fourth-order valence-corrected chi connectivity index (χ4v) is 4.61. The second kappa shape index (κ2) is 8.60. The molecule has 1 aliphatic heterocycles. The molecule has 2 aromatic carbocycles. The Hall–Kier alpha value is -3.24. The predicted octanol–water partition coefficient (Wildman–Crippen LogP) is 4.96. The smallest absolute Gasteiger partial charge is 0.157 e. The van der Waals surface area contributed by atoms with E-state index in [0.717, 1.165) is 41.5 Å². The Bertz CT molecular complexity index is 1250. The average molecular weight is 447 g/mol. The number of nitrogens with zero attached hydrogens (tertiary/aromatic N) is 5. The highest BCUT2D eigenvalue weighted by molar-refractivity contribution is 5.95. The van der Waals surface area contributed by atoms with Crippen LogP contribution >= 0.6 is 0 Å². The summed E-state index contributed by atoms with van der Waals surface area (Å²) < 4.78 is 15.3. The fourth-order valence-electron chi connectivity index (χ4n) is 4.61. The SMILES string of the molecule is Cc1c(C#N)cccc1[C@@H](C)Nc1nnc(C)c2cc(F)c(N3CCN(C)C(C)(C)C3)cc12. The summed E-state index contributed by atoms with van der Waals surface area (Å²) >= 11 is 0. The molecule has 0 radical (unpaired) electrons. The Balaban J connectivity index is 1.75. The molecule has 7 heteroatoms. The summed E-state index contributed by atoms with van der Waals surface area (Å²) in [5, 5.41) is 23.1. The van der Waals surface area contributed by atoms with Gasteiger partial charge in [-0.15, -0.1) is 5.10 Å². The molecule has 1 N–H and O–H groups in total. The number of nitriles is 1. The van der Waals surface area contributed by atoms with Crippen molar-refractivity contribution in [2.75, 3.05) is 36.9 Å². The number of likely N-dealkylation sites (N-methyl/N-ethyl adjacent to an activating group) is 1. The molecule has 1 aromatic heterocycles. The van der Waals surface area contributed by atoms with Gasteiger partial charge in [-0.1, -0.05) is 12.1 Å². The first kappa shape index (κ1) is 22.9. The Labute approximate surface area is 195 Å². The molecular formula is C26H31FN6. The number of aromatic nitrogens is 2. The molecule has 1 atom stereocenters. The summed E-state index contributed by atoms with van der Waals surface area (Å²) in [6.07, 6.45) is 0. The van der Waals surface area contributed by atoms with E-state index in [2.05, 4.69) is 52.3 Å². The number of benzene rings is 2. The van der Waals surface area contributed by atoms with Crippen molar-refractivity contribution >= 4 is 22.3 Å². The topological polar surface area (TPSA) is 68.1 Å². The van der Waals surface area contributed by atoms with E-state index in [4.69, 9.17) is 0 Å². The molecule has 172 valence electrons. The first-order valence-electron chi connectivity index (χ1n) is 11.3. The third-order valence-electron chi connectivity index (χ3n) is 7.00. The molecule has 3 aromatic rings. The van der Waals surface area contributed by atoms with Crippen LogP contribution in [0.4, 0.5) is 15.9 Å². The van der Waals surface area contributed by atoms with Gasteiger partial charge in [0.15, 0.2) is 5.82 Å². The molecule has 0 amide bonds. The maximum absolute atomic E-state index is 15.3. The van der Waals surface area contributed by atoms with Crippen LogP contribution < -0.4 is 10.2 Å². The minimum Gasteiger partial charge on any atom is -0.366 e. The molecule has 0 spiro atoms. The summed E-state index contributed by atoms with van der Waals surface area (Å²) in [6, 6.07) is 11.3. The molecule has 0 bridgehead atoms. The van der Waals surface area contributed by atoms with Gasteiger partial charge in [0.2, 0.25) is 0 Å². The first-order valence-corrected chi connectivity index (χ1v) is 11.3.